The van der Waals surface area contributed by atoms with Crippen LogP contribution in [0.1, 0.15) is 5.56 Å². The Kier molecular flexibility index (Phi) is 11.0. The minimum Gasteiger partial charge on any atom is -0.309 e. The summed E-state index contributed by atoms with van der Waals surface area (Å²) < 4.78 is 2.51. The summed E-state index contributed by atoms with van der Waals surface area (Å²) >= 11 is 0. The van der Waals surface area contributed by atoms with Crippen molar-refractivity contribution in [2.75, 3.05) is 0 Å². The van der Waals surface area contributed by atoms with Crippen LogP contribution in [0.25, 0.3) is 128 Å². The Bertz CT molecular complexity index is 4250. The number of aryl methyl sites for hydroxylation is 1. The van der Waals surface area contributed by atoms with Crippen LogP contribution in [0.4, 0.5) is 0 Å². The van der Waals surface area contributed by atoms with Gasteiger partial charge in [-0.05, 0) is 149 Å². The highest BCUT2D eigenvalue weighted by Gasteiger charge is 2.22. The first-order valence-corrected chi connectivity index (χ1v) is 27.5. The molecule has 352 valence electrons. The summed E-state index contributed by atoms with van der Waals surface area (Å²) in [4.78, 5) is 0. The molecule has 12 aromatic carbocycles. The molecule has 0 atom stereocenters. The van der Waals surface area contributed by atoms with Gasteiger partial charge >= 0.3 is 0 Å². The summed E-state index contributed by atoms with van der Waals surface area (Å²) in [5.74, 6) is 0. The summed E-state index contributed by atoms with van der Waals surface area (Å²) in [5, 5.41) is 5.52. The van der Waals surface area contributed by atoms with Gasteiger partial charge in [0.15, 0.2) is 0 Å². The smallest absolute Gasteiger partial charge is 0.0892 e. The molecule has 1 nitrogen and oxygen atoms in total. The quantitative estimate of drug-likeness (QED) is 0.127. The Morgan fingerprint density at radius 2 is 0.547 bits per heavy atom. The lowest BCUT2D eigenvalue weighted by Gasteiger charge is -2.12. The van der Waals surface area contributed by atoms with Crippen molar-refractivity contribution in [2.45, 2.75) is 6.92 Å². The van der Waals surface area contributed by atoms with Gasteiger partial charge in [0.1, 0.15) is 0 Å². The molecule has 0 radical (unpaired) electrons. The second kappa shape index (κ2) is 18.6. The molecule has 14 rings (SSSR count). The maximum Gasteiger partial charge on any atom is 0.0892 e. The summed E-state index contributed by atoms with van der Waals surface area (Å²) in [5.41, 5.74) is 27.4. The normalized spacial score (nSPS) is 12.1. The van der Waals surface area contributed by atoms with Gasteiger partial charge in [-0.2, -0.15) is 0 Å². The van der Waals surface area contributed by atoms with Crippen LogP contribution in [0.5, 0.6) is 0 Å². The van der Waals surface area contributed by atoms with E-state index in [1.807, 2.05) is 0 Å². The fourth-order valence-electron chi connectivity index (χ4n) is 11.6. The van der Waals surface area contributed by atoms with E-state index in [0.717, 1.165) is 0 Å². The first-order valence-electron chi connectivity index (χ1n) is 26.1. The first-order chi connectivity index (χ1) is 37.0. The number of benzene rings is 12. The zero-order valence-electron chi connectivity index (χ0n) is 41.7. The van der Waals surface area contributed by atoms with Crippen molar-refractivity contribution in [1.29, 1.82) is 0 Å². The molecule has 2 heteroatoms. The van der Waals surface area contributed by atoms with Gasteiger partial charge < -0.3 is 4.57 Å². The van der Waals surface area contributed by atoms with Gasteiger partial charge in [0.25, 0.3) is 0 Å². The van der Waals surface area contributed by atoms with Crippen molar-refractivity contribution in [3.63, 3.8) is 0 Å². The molecule has 0 bridgehead atoms. The van der Waals surface area contributed by atoms with Crippen LogP contribution in [0.15, 0.2) is 279 Å². The molecule has 0 aliphatic carbocycles. The Balaban J connectivity index is 0.817. The molecule has 1 aromatic heterocycles. The third-order valence-corrected chi connectivity index (χ3v) is 17.6. The number of rotatable bonds is 9. The van der Waals surface area contributed by atoms with Gasteiger partial charge in [-0.25, -0.2) is 0 Å². The topological polar surface area (TPSA) is 4.93 Å². The Hall–Kier alpha value is -9.34. The van der Waals surface area contributed by atoms with Crippen LogP contribution in [-0.2, 0) is 0 Å². The SMILES string of the molecule is Cc1cc(-c2ccc(-c3ccccc3)cc2)ccc1-c1ccc2c(c1)c1cc(-c3ccc(-c4ccc(-c5ccccc5)cc4)cc3)ccc1n2-c1ccc2c(c1)[SiH2]c1cc(-c3ccc(-c4ccccc4)cc3)ccc1-2. The average Bonchev–Trinajstić information content (AvgIpc) is 4.06. The molecule has 1 aliphatic heterocycles. The second-order valence-electron chi connectivity index (χ2n) is 20.1. The van der Waals surface area contributed by atoms with E-state index in [-0.39, 0.29) is 0 Å². The molecular weight excluding hydrogens is 919 g/mol. The zero-order chi connectivity index (χ0) is 49.8. The second-order valence-corrected chi connectivity index (χ2v) is 22.0. The fourth-order valence-corrected chi connectivity index (χ4v) is 13.7. The van der Waals surface area contributed by atoms with Crippen LogP contribution in [-0.4, -0.2) is 14.1 Å². The highest BCUT2D eigenvalue weighted by molar-refractivity contribution is 6.73. The maximum atomic E-state index is 2.51. The van der Waals surface area contributed by atoms with Gasteiger partial charge in [0.2, 0.25) is 0 Å². The Morgan fingerprint density at radius 1 is 0.240 bits per heavy atom. The summed E-state index contributed by atoms with van der Waals surface area (Å²) in [7, 11) is -0.725. The molecule has 1 aliphatic rings. The van der Waals surface area contributed by atoms with E-state index in [0.29, 0.717) is 0 Å². The predicted octanol–water partition coefficient (Wildman–Crippen LogP) is 17.5. The van der Waals surface area contributed by atoms with E-state index in [9.17, 15) is 0 Å². The van der Waals surface area contributed by atoms with E-state index < -0.39 is 9.52 Å². The van der Waals surface area contributed by atoms with Crippen LogP contribution in [0.3, 0.4) is 0 Å². The third kappa shape index (κ3) is 8.23. The number of hydrogen-bond donors (Lipinski definition) is 0. The van der Waals surface area contributed by atoms with Gasteiger partial charge in [-0.1, -0.05) is 253 Å². The summed E-state index contributed by atoms with van der Waals surface area (Å²) in [6, 6.07) is 103. The van der Waals surface area contributed by atoms with Gasteiger partial charge in [-0.15, -0.1) is 0 Å². The molecular formula is C73H51NSi. The predicted molar refractivity (Wildman–Crippen MR) is 322 cm³/mol. The molecule has 0 spiro atoms. The fraction of sp³-hybridized carbons (Fsp3) is 0.0137. The first kappa shape index (κ1) is 44.4. The standard InChI is InChI=1S/C73H51NSi/c1-48-43-60(57-27-21-53(22-28-57)50-13-7-3-8-14-50)33-38-65(48)63-36-42-71-69(45-63)68-44-61(58-29-25-56(26-30-58)55-19-17-52(18-20-55)49-11-5-2-6-12-49)35-41-70(68)74(71)64-37-40-67-66-39-34-62(46-72(66)75-73(67)47-64)59-31-23-54(24-32-59)51-15-9-4-10-16-51/h2-47H,75H2,1H3. The van der Waals surface area contributed by atoms with E-state index in [1.165, 1.54) is 144 Å². The molecule has 13 aromatic rings. The lowest BCUT2D eigenvalue weighted by atomic mass is 9.94. The molecule has 0 unspecified atom stereocenters. The Labute approximate surface area is 441 Å². The van der Waals surface area contributed by atoms with E-state index >= 15 is 0 Å². The van der Waals surface area contributed by atoms with E-state index in [2.05, 4.69) is 291 Å². The van der Waals surface area contributed by atoms with Crippen LogP contribution < -0.4 is 10.4 Å². The lowest BCUT2D eigenvalue weighted by Crippen LogP contribution is -2.21. The lowest BCUT2D eigenvalue weighted by molar-refractivity contribution is 1.18. The summed E-state index contributed by atoms with van der Waals surface area (Å²) in [6.45, 7) is 2.25. The highest BCUT2D eigenvalue weighted by Crippen LogP contribution is 2.40. The minimum absolute atomic E-state index is 0.725. The number of hydrogen-bond acceptors (Lipinski definition) is 0. The van der Waals surface area contributed by atoms with Gasteiger partial charge in [0.05, 0.1) is 20.6 Å². The van der Waals surface area contributed by atoms with Crippen molar-refractivity contribution in [2.24, 2.45) is 0 Å². The molecule has 2 heterocycles. The van der Waals surface area contributed by atoms with Crippen molar-refractivity contribution < 1.29 is 0 Å². The largest absolute Gasteiger partial charge is 0.309 e. The van der Waals surface area contributed by atoms with Crippen molar-refractivity contribution in [3.05, 3.63) is 285 Å². The molecule has 0 amide bonds. The van der Waals surface area contributed by atoms with Gasteiger partial charge in [-0.3, -0.25) is 0 Å². The van der Waals surface area contributed by atoms with Gasteiger partial charge in [0, 0.05) is 16.5 Å². The number of nitrogens with zero attached hydrogens (tertiary/aromatic N) is 1. The molecule has 0 saturated heterocycles. The minimum atomic E-state index is -0.725. The highest BCUT2D eigenvalue weighted by atomic mass is 28.2. The molecule has 0 fully saturated rings. The van der Waals surface area contributed by atoms with Crippen molar-refractivity contribution in [1.82, 2.24) is 4.57 Å². The molecule has 0 saturated carbocycles. The summed E-state index contributed by atoms with van der Waals surface area (Å²) in [6.07, 6.45) is 0. The van der Waals surface area contributed by atoms with E-state index in [1.54, 1.807) is 0 Å². The number of aromatic nitrogens is 1. The van der Waals surface area contributed by atoms with Crippen LogP contribution >= 0.6 is 0 Å². The van der Waals surface area contributed by atoms with E-state index in [4.69, 9.17) is 0 Å². The molecule has 0 N–H and O–H groups in total. The Morgan fingerprint density at radius 3 is 0.987 bits per heavy atom. The zero-order valence-corrected chi connectivity index (χ0v) is 43.1. The maximum absolute atomic E-state index is 2.51. The van der Waals surface area contributed by atoms with Crippen LogP contribution in [0.2, 0.25) is 0 Å². The van der Waals surface area contributed by atoms with Crippen LogP contribution in [0, 0.1) is 6.92 Å². The average molecular weight is 970 g/mol. The monoisotopic (exact) mass is 969 g/mol. The van der Waals surface area contributed by atoms with Crippen molar-refractivity contribution in [3.8, 4) is 106 Å². The number of fused-ring (bicyclic) bond motifs is 6. The third-order valence-electron chi connectivity index (χ3n) is 15.6. The molecule has 75 heavy (non-hydrogen) atoms. The van der Waals surface area contributed by atoms with Crippen molar-refractivity contribution >= 4 is 41.7 Å².